The van der Waals surface area contributed by atoms with Crippen molar-refractivity contribution in [3.63, 3.8) is 0 Å². The SMILES string of the molecule is Cc1cccc2[nH]nc(C3CCN(c4ccc5oc(N6CCOCC6)nc5c4)CC3)c12. The molecule has 0 saturated carbocycles. The third-order valence-electron chi connectivity index (χ3n) is 6.71. The molecule has 7 nitrogen and oxygen atoms in total. The average molecular weight is 418 g/mol. The summed E-state index contributed by atoms with van der Waals surface area (Å²) >= 11 is 0. The molecule has 0 atom stereocenters. The van der Waals surface area contributed by atoms with Gasteiger partial charge in [-0.1, -0.05) is 12.1 Å². The number of rotatable bonds is 3. The van der Waals surface area contributed by atoms with E-state index in [1.165, 1.54) is 22.3 Å². The summed E-state index contributed by atoms with van der Waals surface area (Å²) in [6.45, 7) is 7.32. The van der Waals surface area contributed by atoms with E-state index in [9.17, 15) is 0 Å². The molecule has 2 aliphatic rings. The number of fused-ring (bicyclic) bond motifs is 2. The molecule has 4 heterocycles. The number of aromatic nitrogens is 3. The molecule has 0 spiro atoms. The van der Waals surface area contributed by atoms with E-state index in [4.69, 9.17) is 14.1 Å². The van der Waals surface area contributed by atoms with Gasteiger partial charge in [-0.05, 0) is 49.6 Å². The molecule has 2 aliphatic heterocycles. The Kier molecular flexibility index (Phi) is 4.56. The predicted octanol–water partition coefficient (Wildman–Crippen LogP) is 4.23. The number of nitrogens with zero attached hydrogens (tertiary/aromatic N) is 4. The van der Waals surface area contributed by atoms with Gasteiger partial charge in [-0.25, -0.2) is 0 Å². The zero-order valence-corrected chi connectivity index (χ0v) is 17.8. The zero-order chi connectivity index (χ0) is 20.8. The van der Waals surface area contributed by atoms with Crippen LogP contribution >= 0.6 is 0 Å². The number of ether oxygens (including phenoxy) is 1. The second-order valence-electron chi connectivity index (χ2n) is 8.62. The van der Waals surface area contributed by atoms with Crippen molar-refractivity contribution >= 4 is 33.7 Å². The van der Waals surface area contributed by atoms with E-state index in [1.54, 1.807) is 0 Å². The lowest BCUT2D eigenvalue weighted by Gasteiger charge is -2.33. The van der Waals surface area contributed by atoms with E-state index < -0.39 is 0 Å². The minimum atomic E-state index is 0.495. The van der Waals surface area contributed by atoms with E-state index in [1.807, 2.05) is 0 Å². The largest absolute Gasteiger partial charge is 0.423 e. The van der Waals surface area contributed by atoms with E-state index in [0.29, 0.717) is 11.9 Å². The number of morpholine rings is 1. The van der Waals surface area contributed by atoms with Crippen LogP contribution in [0, 0.1) is 6.92 Å². The number of H-pyrrole nitrogens is 1. The molecular weight excluding hydrogens is 390 g/mol. The monoisotopic (exact) mass is 417 g/mol. The molecule has 160 valence electrons. The highest BCUT2D eigenvalue weighted by atomic mass is 16.5. The summed E-state index contributed by atoms with van der Waals surface area (Å²) in [5.41, 5.74) is 6.67. The summed E-state index contributed by atoms with van der Waals surface area (Å²) in [7, 11) is 0. The Bertz CT molecular complexity index is 1220. The van der Waals surface area contributed by atoms with Gasteiger partial charge in [-0.15, -0.1) is 0 Å². The van der Waals surface area contributed by atoms with Crippen LogP contribution in [0.15, 0.2) is 40.8 Å². The fraction of sp³-hybridized carbons (Fsp3) is 0.417. The highest BCUT2D eigenvalue weighted by molar-refractivity contribution is 5.85. The molecule has 2 aromatic carbocycles. The normalized spacial score (nSPS) is 18.4. The van der Waals surface area contributed by atoms with Crippen LogP contribution in [0.25, 0.3) is 22.0 Å². The number of hydrogen-bond donors (Lipinski definition) is 1. The Morgan fingerprint density at radius 2 is 1.84 bits per heavy atom. The lowest BCUT2D eigenvalue weighted by atomic mass is 9.90. The zero-order valence-electron chi connectivity index (χ0n) is 17.8. The Labute approximate surface area is 181 Å². The van der Waals surface area contributed by atoms with Crippen LogP contribution in [-0.4, -0.2) is 54.6 Å². The number of aromatic amines is 1. The average Bonchev–Trinajstić information content (AvgIpc) is 3.44. The summed E-state index contributed by atoms with van der Waals surface area (Å²) in [6, 6.07) is 13.5. The number of nitrogens with one attached hydrogen (secondary N) is 1. The molecule has 0 bridgehead atoms. The standard InChI is InChI=1S/C24H27N5O2/c1-16-3-2-4-19-22(16)23(27-26-19)17-7-9-28(10-8-17)18-5-6-21-20(15-18)25-24(31-21)29-11-13-30-14-12-29/h2-6,15,17H,7-14H2,1H3,(H,26,27). The summed E-state index contributed by atoms with van der Waals surface area (Å²) in [5, 5.41) is 9.22. The molecule has 2 fully saturated rings. The van der Waals surface area contributed by atoms with Gasteiger partial charge < -0.3 is 19.0 Å². The molecule has 0 radical (unpaired) electrons. The molecule has 7 heteroatoms. The second-order valence-corrected chi connectivity index (χ2v) is 8.62. The van der Waals surface area contributed by atoms with Crippen LogP contribution in [0.3, 0.4) is 0 Å². The van der Waals surface area contributed by atoms with Gasteiger partial charge in [-0.3, -0.25) is 5.10 Å². The number of anilines is 2. The first kappa shape index (κ1) is 18.7. The molecular formula is C24H27N5O2. The van der Waals surface area contributed by atoms with Gasteiger partial charge in [0.2, 0.25) is 0 Å². The van der Waals surface area contributed by atoms with Crippen molar-refractivity contribution in [2.45, 2.75) is 25.7 Å². The van der Waals surface area contributed by atoms with Crippen molar-refractivity contribution in [1.29, 1.82) is 0 Å². The third kappa shape index (κ3) is 3.33. The second kappa shape index (κ2) is 7.57. The Morgan fingerprint density at radius 1 is 1.00 bits per heavy atom. The molecule has 0 amide bonds. The van der Waals surface area contributed by atoms with Crippen molar-refractivity contribution < 1.29 is 9.15 Å². The number of aryl methyl sites for hydroxylation is 1. The van der Waals surface area contributed by atoms with Crippen LogP contribution in [-0.2, 0) is 4.74 Å². The Hall–Kier alpha value is -3.06. The molecule has 1 N–H and O–H groups in total. The van der Waals surface area contributed by atoms with E-state index >= 15 is 0 Å². The van der Waals surface area contributed by atoms with Gasteiger partial charge in [-0.2, -0.15) is 10.1 Å². The first-order valence-corrected chi connectivity index (χ1v) is 11.2. The van der Waals surface area contributed by atoms with Crippen molar-refractivity contribution in [3.05, 3.63) is 47.7 Å². The fourth-order valence-corrected chi connectivity index (χ4v) is 4.97. The van der Waals surface area contributed by atoms with Gasteiger partial charge in [0.1, 0.15) is 5.52 Å². The van der Waals surface area contributed by atoms with Gasteiger partial charge in [0.25, 0.3) is 6.01 Å². The molecule has 6 rings (SSSR count). The minimum absolute atomic E-state index is 0.495. The lowest BCUT2D eigenvalue weighted by molar-refractivity contribution is 0.120. The highest BCUT2D eigenvalue weighted by Gasteiger charge is 2.25. The maximum atomic E-state index is 6.00. The maximum Gasteiger partial charge on any atom is 0.298 e. The van der Waals surface area contributed by atoms with E-state index in [-0.39, 0.29) is 0 Å². The van der Waals surface area contributed by atoms with Gasteiger partial charge in [0.05, 0.1) is 24.4 Å². The summed E-state index contributed by atoms with van der Waals surface area (Å²) in [5.74, 6) is 0.495. The van der Waals surface area contributed by atoms with Crippen molar-refractivity contribution in [2.24, 2.45) is 0 Å². The molecule has 0 unspecified atom stereocenters. The van der Waals surface area contributed by atoms with Crippen LogP contribution < -0.4 is 9.80 Å². The maximum absolute atomic E-state index is 6.00. The molecule has 2 aromatic heterocycles. The number of oxazole rings is 1. The topological polar surface area (TPSA) is 70.4 Å². The van der Waals surface area contributed by atoms with Crippen molar-refractivity contribution in [2.75, 3.05) is 49.2 Å². The lowest BCUT2D eigenvalue weighted by Crippen LogP contribution is -2.36. The third-order valence-corrected chi connectivity index (χ3v) is 6.71. The first-order valence-electron chi connectivity index (χ1n) is 11.2. The summed E-state index contributed by atoms with van der Waals surface area (Å²) < 4.78 is 11.4. The molecule has 2 saturated heterocycles. The predicted molar refractivity (Wildman–Crippen MR) is 122 cm³/mol. The first-order chi connectivity index (χ1) is 15.3. The van der Waals surface area contributed by atoms with Gasteiger partial charge in [0, 0.05) is 43.2 Å². The van der Waals surface area contributed by atoms with Crippen LogP contribution in [0.1, 0.15) is 30.0 Å². The molecule has 4 aromatic rings. The summed E-state index contributed by atoms with van der Waals surface area (Å²) in [4.78, 5) is 9.37. The number of piperidine rings is 1. The Morgan fingerprint density at radius 3 is 2.68 bits per heavy atom. The van der Waals surface area contributed by atoms with Crippen LogP contribution in [0.2, 0.25) is 0 Å². The van der Waals surface area contributed by atoms with E-state index in [0.717, 1.165) is 68.9 Å². The number of hydrogen-bond acceptors (Lipinski definition) is 6. The van der Waals surface area contributed by atoms with Gasteiger partial charge >= 0.3 is 0 Å². The number of benzene rings is 2. The molecule has 0 aliphatic carbocycles. The van der Waals surface area contributed by atoms with Crippen LogP contribution in [0.5, 0.6) is 0 Å². The molecule has 31 heavy (non-hydrogen) atoms. The summed E-state index contributed by atoms with van der Waals surface area (Å²) in [6.07, 6.45) is 2.20. The smallest absolute Gasteiger partial charge is 0.298 e. The van der Waals surface area contributed by atoms with Gasteiger partial charge in [0.15, 0.2) is 5.58 Å². The fourth-order valence-electron chi connectivity index (χ4n) is 4.97. The highest BCUT2D eigenvalue weighted by Crippen LogP contribution is 2.35. The van der Waals surface area contributed by atoms with Crippen molar-refractivity contribution in [3.8, 4) is 0 Å². The quantitative estimate of drug-likeness (QED) is 0.538. The minimum Gasteiger partial charge on any atom is -0.423 e. The van der Waals surface area contributed by atoms with Crippen LogP contribution in [0.4, 0.5) is 11.7 Å². The Balaban J connectivity index is 1.19. The van der Waals surface area contributed by atoms with E-state index in [2.05, 4.69) is 63.3 Å². The van der Waals surface area contributed by atoms with Crippen molar-refractivity contribution in [1.82, 2.24) is 15.2 Å².